The van der Waals surface area contributed by atoms with E-state index in [1.165, 1.54) is 12.1 Å². The van der Waals surface area contributed by atoms with Gasteiger partial charge in [0.05, 0.1) is 17.8 Å². The van der Waals surface area contributed by atoms with Gasteiger partial charge in [0.2, 0.25) is 0 Å². The minimum atomic E-state index is -4.39. The van der Waals surface area contributed by atoms with E-state index in [0.717, 1.165) is 23.5 Å². The van der Waals surface area contributed by atoms with Gasteiger partial charge in [-0.1, -0.05) is 12.1 Å². The summed E-state index contributed by atoms with van der Waals surface area (Å²) in [5.74, 6) is 0.232. The zero-order chi connectivity index (χ0) is 19.8. The summed E-state index contributed by atoms with van der Waals surface area (Å²) >= 11 is 6.13. The van der Waals surface area contributed by atoms with E-state index in [0.29, 0.717) is 31.7 Å². The van der Waals surface area contributed by atoms with Crippen LogP contribution >= 0.6 is 23.6 Å². The van der Waals surface area contributed by atoms with Crippen LogP contribution < -0.4 is 5.32 Å². The van der Waals surface area contributed by atoms with Gasteiger partial charge in [-0.2, -0.15) is 18.3 Å². The molecular formula is C16H14F3N5OS2. The van der Waals surface area contributed by atoms with Gasteiger partial charge in [-0.25, -0.2) is 4.98 Å². The first-order valence-corrected chi connectivity index (χ1v) is 8.93. The monoisotopic (exact) mass is 413 g/mol. The highest BCUT2D eigenvalue weighted by atomic mass is 32.1. The molecule has 0 aliphatic carbocycles. The number of hydrogen-bond donors (Lipinski definition) is 2. The molecule has 2 N–H and O–H groups in total. The highest BCUT2D eigenvalue weighted by molar-refractivity contribution is 7.71. The van der Waals surface area contributed by atoms with Gasteiger partial charge < -0.3 is 9.88 Å². The van der Waals surface area contributed by atoms with Crippen molar-refractivity contribution in [3.05, 3.63) is 51.0 Å². The molecule has 0 radical (unpaired) electrons. The lowest BCUT2D eigenvalue weighted by molar-refractivity contribution is -0.137. The van der Waals surface area contributed by atoms with Gasteiger partial charge >= 0.3 is 6.18 Å². The summed E-state index contributed by atoms with van der Waals surface area (Å²) in [5.41, 5.74) is 0.290. The van der Waals surface area contributed by atoms with Crippen LogP contribution in [-0.4, -0.2) is 25.7 Å². The average molecular weight is 413 g/mol. The van der Waals surface area contributed by atoms with Crippen molar-refractivity contribution >= 4 is 29.5 Å². The first kappa shape index (κ1) is 19.2. The standard InChI is InChI=1S/C16H14F3N5OS2/c1-8-12(13(25)20-7-11-22-23-15(26)24(11)2)27-14(21-8)9-3-5-10(6-4-9)16(17,18)19/h3-6H,7H2,1-2H3,(H,20,25)(H,23,26). The second kappa shape index (κ2) is 7.24. The van der Waals surface area contributed by atoms with Crippen LogP contribution in [0.3, 0.4) is 0 Å². The molecule has 0 unspecified atom stereocenters. The van der Waals surface area contributed by atoms with Gasteiger partial charge in [0.1, 0.15) is 9.88 Å². The number of thiazole rings is 1. The Morgan fingerprint density at radius 2 is 2.00 bits per heavy atom. The highest BCUT2D eigenvalue weighted by Crippen LogP contribution is 2.32. The Morgan fingerprint density at radius 1 is 1.33 bits per heavy atom. The van der Waals surface area contributed by atoms with Crippen molar-refractivity contribution in [2.24, 2.45) is 7.05 Å². The zero-order valence-corrected chi connectivity index (χ0v) is 15.8. The van der Waals surface area contributed by atoms with E-state index in [4.69, 9.17) is 12.2 Å². The lowest BCUT2D eigenvalue weighted by atomic mass is 10.1. The third-order valence-electron chi connectivity index (χ3n) is 3.84. The van der Waals surface area contributed by atoms with Gasteiger partial charge in [-0.05, 0) is 31.3 Å². The molecule has 0 saturated heterocycles. The molecule has 0 fully saturated rings. The largest absolute Gasteiger partial charge is 0.416 e. The maximum absolute atomic E-state index is 12.7. The number of carbonyl (C=O) groups excluding carboxylic acids is 1. The molecule has 1 amide bonds. The van der Waals surface area contributed by atoms with Crippen molar-refractivity contribution in [2.75, 3.05) is 0 Å². The quantitative estimate of drug-likeness (QED) is 0.637. The summed E-state index contributed by atoms with van der Waals surface area (Å²) in [6, 6.07) is 4.68. The number of halogens is 3. The molecule has 0 bridgehead atoms. The number of alkyl halides is 3. The number of H-pyrrole nitrogens is 1. The molecule has 0 saturated carbocycles. The molecular weight excluding hydrogens is 399 g/mol. The number of aromatic nitrogens is 4. The molecule has 2 heterocycles. The Morgan fingerprint density at radius 3 is 2.56 bits per heavy atom. The summed E-state index contributed by atoms with van der Waals surface area (Å²) in [4.78, 5) is 17.1. The molecule has 142 valence electrons. The number of benzene rings is 1. The van der Waals surface area contributed by atoms with Crippen LogP contribution in [0.15, 0.2) is 24.3 Å². The number of aromatic amines is 1. The molecule has 3 rings (SSSR count). The van der Waals surface area contributed by atoms with Crippen LogP contribution in [0.2, 0.25) is 0 Å². The van der Waals surface area contributed by atoms with Gasteiger partial charge in [-0.3, -0.25) is 9.89 Å². The molecule has 6 nitrogen and oxygen atoms in total. The summed E-state index contributed by atoms with van der Waals surface area (Å²) < 4.78 is 40.1. The molecule has 0 aliphatic rings. The SMILES string of the molecule is Cc1nc(-c2ccc(C(F)(F)F)cc2)sc1C(=O)NCc1n[nH]c(=S)n1C. The Bertz CT molecular complexity index is 1030. The minimum Gasteiger partial charge on any atom is -0.344 e. The Kier molecular flexibility index (Phi) is 5.16. The van der Waals surface area contributed by atoms with Gasteiger partial charge in [-0.15, -0.1) is 11.3 Å². The second-order valence-corrected chi connectivity index (χ2v) is 7.08. The normalized spacial score (nSPS) is 11.6. The fraction of sp³-hybridized carbons (Fsp3) is 0.250. The van der Waals surface area contributed by atoms with Gasteiger partial charge in [0, 0.05) is 12.6 Å². The van der Waals surface area contributed by atoms with Crippen molar-refractivity contribution in [1.29, 1.82) is 0 Å². The number of nitrogens with zero attached hydrogens (tertiary/aromatic N) is 3. The smallest absolute Gasteiger partial charge is 0.344 e. The molecule has 27 heavy (non-hydrogen) atoms. The third-order valence-corrected chi connectivity index (χ3v) is 5.41. The van der Waals surface area contributed by atoms with E-state index >= 15 is 0 Å². The van der Waals surface area contributed by atoms with Crippen LogP contribution in [0.4, 0.5) is 13.2 Å². The molecule has 0 aliphatic heterocycles. The van der Waals surface area contributed by atoms with Crippen LogP contribution in [0.5, 0.6) is 0 Å². The fourth-order valence-corrected chi connectivity index (χ4v) is 3.45. The molecule has 0 spiro atoms. The van der Waals surface area contributed by atoms with Crippen molar-refractivity contribution in [3.63, 3.8) is 0 Å². The Hall–Kier alpha value is -2.53. The van der Waals surface area contributed by atoms with E-state index in [-0.39, 0.29) is 12.5 Å². The first-order valence-electron chi connectivity index (χ1n) is 7.70. The predicted molar refractivity (Wildman–Crippen MR) is 96.9 cm³/mol. The first-order chi connectivity index (χ1) is 12.7. The average Bonchev–Trinajstić information content (AvgIpc) is 3.16. The van der Waals surface area contributed by atoms with E-state index in [1.54, 1.807) is 18.5 Å². The summed E-state index contributed by atoms with van der Waals surface area (Å²) in [6.45, 7) is 1.85. The van der Waals surface area contributed by atoms with Gasteiger partial charge in [0.25, 0.3) is 5.91 Å². The Labute approximate surface area is 161 Å². The van der Waals surface area contributed by atoms with E-state index < -0.39 is 11.7 Å². The number of carbonyl (C=O) groups is 1. The van der Waals surface area contributed by atoms with Crippen LogP contribution in [0.1, 0.15) is 26.8 Å². The van der Waals surface area contributed by atoms with Crippen LogP contribution in [0.25, 0.3) is 10.6 Å². The molecule has 1 aromatic carbocycles. The number of hydrogen-bond acceptors (Lipinski definition) is 5. The highest BCUT2D eigenvalue weighted by Gasteiger charge is 2.30. The molecule has 11 heteroatoms. The van der Waals surface area contributed by atoms with Crippen molar-refractivity contribution < 1.29 is 18.0 Å². The predicted octanol–water partition coefficient (Wildman–Crippen LogP) is 3.86. The number of aryl methyl sites for hydroxylation is 1. The number of amides is 1. The number of rotatable bonds is 4. The molecule has 2 aromatic heterocycles. The summed E-state index contributed by atoms with van der Waals surface area (Å²) in [6.07, 6.45) is -4.39. The van der Waals surface area contributed by atoms with E-state index in [2.05, 4.69) is 20.5 Å². The zero-order valence-electron chi connectivity index (χ0n) is 14.2. The van der Waals surface area contributed by atoms with Crippen LogP contribution in [-0.2, 0) is 19.8 Å². The topological polar surface area (TPSA) is 75.6 Å². The van der Waals surface area contributed by atoms with Crippen molar-refractivity contribution in [3.8, 4) is 10.6 Å². The van der Waals surface area contributed by atoms with Crippen LogP contribution in [0, 0.1) is 11.7 Å². The molecule has 3 aromatic rings. The lowest BCUT2D eigenvalue weighted by Gasteiger charge is -2.06. The lowest BCUT2D eigenvalue weighted by Crippen LogP contribution is -2.24. The van der Waals surface area contributed by atoms with Crippen molar-refractivity contribution in [1.82, 2.24) is 25.1 Å². The van der Waals surface area contributed by atoms with Crippen molar-refractivity contribution in [2.45, 2.75) is 19.6 Å². The minimum absolute atomic E-state index is 0.176. The third kappa shape index (κ3) is 4.08. The maximum atomic E-state index is 12.7. The summed E-state index contributed by atoms with van der Waals surface area (Å²) in [7, 11) is 1.73. The summed E-state index contributed by atoms with van der Waals surface area (Å²) in [5, 5.41) is 9.85. The maximum Gasteiger partial charge on any atom is 0.416 e. The van der Waals surface area contributed by atoms with E-state index in [1.807, 2.05) is 0 Å². The second-order valence-electron chi connectivity index (χ2n) is 5.70. The van der Waals surface area contributed by atoms with E-state index in [9.17, 15) is 18.0 Å². The van der Waals surface area contributed by atoms with Gasteiger partial charge in [0.15, 0.2) is 10.6 Å². The number of nitrogens with one attached hydrogen (secondary N) is 2. The molecule has 0 atom stereocenters. The fourth-order valence-electron chi connectivity index (χ4n) is 2.31. The Balaban J connectivity index is 1.76.